The standard InChI is InChI=1S/C21H23N3O4S2/c1-12-7-6-8-24(17(12)11-29-30(26,27)28)19-22-15-9-13-14(10-16(15)23-19)21(4,5)18(25)20(13,2)3/h6-10H,11H2,1-5H3,(H-,22,23,26,27,28)/p+1. The second-order valence-electron chi connectivity index (χ2n) is 8.75. The Morgan fingerprint density at radius 3 is 2.43 bits per heavy atom. The number of hydrogen-bond donors (Lipinski definition) is 2. The number of nitrogens with one attached hydrogen (secondary N) is 1. The lowest BCUT2D eigenvalue weighted by molar-refractivity contribution is -0.610. The molecule has 0 spiro atoms. The van der Waals surface area contributed by atoms with Crippen LogP contribution in [0.5, 0.6) is 0 Å². The Morgan fingerprint density at radius 1 is 1.17 bits per heavy atom. The van der Waals surface area contributed by atoms with Gasteiger partial charge in [0.2, 0.25) is 0 Å². The van der Waals surface area contributed by atoms with Crippen LogP contribution in [0.1, 0.15) is 50.1 Å². The van der Waals surface area contributed by atoms with Gasteiger partial charge in [0.25, 0.3) is 0 Å². The lowest BCUT2D eigenvalue weighted by Crippen LogP contribution is -2.37. The maximum atomic E-state index is 12.9. The van der Waals surface area contributed by atoms with E-state index in [4.69, 9.17) is 9.54 Å². The minimum atomic E-state index is -4.16. The van der Waals surface area contributed by atoms with Crippen molar-refractivity contribution < 1.29 is 22.3 Å². The molecule has 0 unspecified atom stereocenters. The topological polar surface area (TPSA) is 104 Å². The first-order valence-electron chi connectivity index (χ1n) is 9.54. The van der Waals surface area contributed by atoms with E-state index in [9.17, 15) is 13.2 Å². The fourth-order valence-electron chi connectivity index (χ4n) is 4.38. The first kappa shape index (κ1) is 21.0. The van der Waals surface area contributed by atoms with E-state index in [1.165, 1.54) is 0 Å². The number of hydrogen-bond acceptors (Lipinski definition) is 5. The average Bonchev–Trinajstić information content (AvgIpc) is 3.11. The minimum Gasteiger partial charge on any atom is -0.298 e. The first-order valence-corrected chi connectivity index (χ1v) is 12.5. The molecule has 0 saturated heterocycles. The Bertz CT molecular complexity index is 1250. The number of aromatic amines is 1. The summed E-state index contributed by atoms with van der Waals surface area (Å²) in [6.07, 6.45) is 1.80. The van der Waals surface area contributed by atoms with E-state index >= 15 is 0 Å². The molecule has 9 heteroatoms. The molecule has 1 aromatic carbocycles. The number of ketones is 1. The number of Topliss-reactive ketones (excluding diaryl/α,β-unsaturated/α-hetero) is 1. The van der Waals surface area contributed by atoms with Gasteiger partial charge in [0.05, 0.1) is 17.6 Å². The third kappa shape index (κ3) is 3.25. The monoisotopic (exact) mass is 446 g/mol. The average molecular weight is 447 g/mol. The van der Waals surface area contributed by atoms with Crippen LogP contribution in [0.25, 0.3) is 17.0 Å². The molecule has 7 nitrogen and oxygen atoms in total. The molecule has 0 amide bonds. The smallest absolute Gasteiger partial charge is 0.298 e. The number of carbonyl (C=O) groups is 1. The Morgan fingerprint density at radius 2 is 1.80 bits per heavy atom. The van der Waals surface area contributed by atoms with Crippen molar-refractivity contribution in [2.45, 2.75) is 51.2 Å². The Balaban J connectivity index is 1.86. The second kappa shape index (κ2) is 6.63. The predicted molar refractivity (Wildman–Crippen MR) is 116 cm³/mol. The van der Waals surface area contributed by atoms with Gasteiger partial charge in [-0.15, -0.1) is 0 Å². The molecule has 0 atom stereocenters. The molecular weight excluding hydrogens is 422 g/mol. The number of aromatic nitrogens is 3. The number of H-pyrrole nitrogens is 1. The highest BCUT2D eigenvalue weighted by molar-refractivity contribution is 8.69. The Hall–Kier alpha value is -2.23. The van der Waals surface area contributed by atoms with Crippen LogP contribution >= 0.6 is 10.8 Å². The SMILES string of the molecule is Cc1ccc[n+](-c2nc3cc4c(cc3[nH]2)C(C)(C)C(=O)C4(C)C)c1CSS(=O)(=O)O. The zero-order valence-electron chi connectivity index (χ0n) is 17.5. The fraction of sp³-hybridized carbons (Fsp3) is 0.381. The van der Waals surface area contributed by atoms with Gasteiger partial charge >= 0.3 is 15.1 Å². The van der Waals surface area contributed by atoms with Gasteiger partial charge in [0, 0.05) is 21.6 Å². The van der Waals surface area contributed by atoms with Gasteiger partial charge in [0.15, 0.2) is 11.3 Å². The highest BCUT2D eigenvalue weighted by atomic mass is 33.1. The second-order valence-corrected chi connectivity index (χ2v) is 12.1. The number of imidazole rings is 1. The lowest BCUT2D eigenvalue weighted by atomic mass is 9.80. The minimum absolute atomic E-state index is 0.0770. The summed E-state index contributed by atoms with van der Waals surface area (Å²) in [5.74, 6) is 0.814. The first-order chi connectivity index (χ1) is 13.8. The van der Waals surface area contributed by atoms with Gasteiger partial charge in [-0.05, 0) is 69.5 Å². The lowest BCUT2D eigenvalue weighted by Gasteiger charge is -2.21. The number of benzene rings is 1. The van der Waals surface area contributed by atoms with Crippen LogP contribution in [0.15, 0.2) is 30.5 Å². The number of aryl methyl sites for hydroxylation is 1. The summed E-state index contributed by atoms with van der Waals surface area (Å²) >= 11 is 0. The van der Waals surface area contributed by atoms with E-state index < -0.39 is 20.0 Å². The molecule has 158 valence electrons. The number of nitrogens with zero attached hydrogens (tertiary/aromatic N) is 2. The number of fused-ring (bicyclic) bond motifs is 2. The zero-order chi connectivity index (χ0) is 22.1. The van der Waals surface area contributed by atoms with Crippen LogP contribution in [-0.2, 0) is 30.5 Å². The van der Waals surface area contributed by atoms with Crippen molar-refractivity contribution in [1.82, 2.24) is 9.97 Å². The third-order valence-electron chi connectivity index (χ3n) is 5.99. The Kier molecular flexibility index (Phi) is 4.65. The summed E-state index contributed by atoms with van der Waals surface area (Å²) in [5, 5.41) is 0. The molecule has 0 fully saturated rings. The third-order valence-corrected chi connectivity index (χ3v) is 7.93. The number of pyridine rings is 1. The van der Waals surface area contributed by atoms with Crippen molar-refractivity contribution in [3.8, 4) is 5.95 Å². The molecule has 2 heterocycles. The maximum absolute atomic E-state index is 12.9. The zero-order valence-corrected chi connectivity index (χ0v) is 19.1. The molecule has 1 aliphatic carbocycles. The predicted octanol–water partition coefficient (Wildman–Crippen LogP) is 3.32. The molecule has 0 aliphatic heterocycles. The van der Waals surface area contributed by atoms with Crippen molar-refractivity contribution in [2.75, 3.05) is 0 Å². The number of rotatable bonds is 4. The van der Waals surface area contributed by atoms with E-state index in [-0.39, 0.29) is 11.5 Å². The maximum Gasteiger partial charge on any atom is 0.402 e. The van der Waals surface area contributed by atoms with Crippen LogP contribution < -0.4 is 4.57 Å². The van der Waals surface area contributed by atoms with E-state index in [0.29, 0.717) is 22.4 Å². The molecule has 4 rings (SSSR count). The summed E-state index contributed by atoms with van der Waals surface area (Å²) in [6.45, 7) is 9.67. The Labute approximate surface area is 179 Å². The summed E-state index contributed by atoms with van der Waals surface area (Å²) in [7, 11) is -3.70. The summed E-state index contributed by atoms with van der Waals surface area (Å²) in [5.41, 5.74) is 3.96. The molecule has 2 aromatic heterocycles. The fourth-order valence-corrected chi connectivity index (χ4v) is 5.79. The molecule has 2 N–H and O–H groups in total. The van der Waals surface area contributed by atoms with Crippen molar-refractivity contribution in [2.24, 2.45) is 0 Å². The molecule has 1 aliphatic rings. The highest BCUT2D eigenvalue weighted by Gasteiger charge is 2.50. The quantitative estimate of drug-likeness (QED) is 0.362. The van der Waals surface area contributed by atoms with Gasteiger partial charge in [0.1, 0.15) is 5.52 Å². The summed E-state index contributed by atoms with van der Waals surface area (Å²) in [6, 6.07) is 7.70. The van der Waals surface area contributed by atoms with E-state index in [0.717, 1.165) is 27.7 Å². The highest BCUT2D eigenvalue weighted by Crippen LogP contribution is 2.47. The molecule has 0 bridgehead atoms. The van der Waals surface area contributed by atoms with Gasteiger partial charge in [-0.2, -0.15) is 8.42 Å². The largest absolute Gasteiger partial charge is 0.402 e. The van der Waals surface area contributed by atoms with E-state index in [1.807, 2.05) is 58.9 Å². The van der Waals surface area contributed by atoms with Gasteiger partial charge in [-0.1, -0.05) is 11.1 Å². The molecule has 0 saturated carbocycles. The van der Waals surface area contributed by atoms with Gasteiger partial charge < -0.3 is 0 Å². The summed E-state index contributed by atoms with van der Waals surface area (Å²) in [4.78, 5) is 20.9. The van der Waals surface area contributed by atoms with Crippen LogP contribution in [0.4, 0.5) is 0 Å². The van der Waals surface area contributed by atoms with Crippen molar-refractivity contribution >= 4 is 36.8 Å². The summed E-state index contributed by atoms with van der Waals surface area (Å²) < 4.78 is 33.4. The van der Waals surface area contributed by atoms with Gasteiger partial charge in [-0.3, -0.25) is 9.35 Å². The number of carbonyl (C=O) groups excluding carboxylic acids is 1. The molecule has 0 radical (unpaired) electrons. The molecule has 3 aromatic rings. The van der Waals surface area contributed by atoms with E-state index in [1.54, 1.807) is 10.8 Å². The van der Waals surface area contributed by atoms with E-state index in [2.05, 4.69) is 4.98 Å². The van der Waals surface area contributed by atoms with Crippen molar-refractivity contribution in [3.05, 3.63) is 52.8 Å². The van der Waals surface area contributed by atoms with Crippen molar-refractivity contribution in [1.29, 1.82) is 0 Å². The molecular formula is C21H24N3O4S2+. The molecule has 30 heavy (non-hydrogen) atoms. The van der Waals surface area contributed by atoms with Crippen LogP contribution in [0.3, 0.4) is 0 Å². The van der Waals surface area contributed by atoms with Gasteiger partial charge in [-0.25, -0.2) is 9.55 Å². The van der Waals surface area contributed by atoms with Crippen LogP contribution in [0, 0.1) is 6.92 Å². The van der Waals surface area contributed by atoms with Crippen LogP contribution in [0.2, 0.25) is 0 Å². The van der Waals surface area contributed by atoms with Crippen LogP contribution in [-0.4, -0.2) is 28.7 Å². The van der Waals surface area contributed by atoms with Crippen molar-refractivity contribution in [3.63, 3.8) is 0 Å². The normalized spacial score (nSPS) is 17.5.